The number of hydrazine groups is 1. The highest BCUT2D eigenvalue weighted by atomic mass is 35.5. The van der Waals surface area contributed by atoms with Crippen molar-refractivity contribution in [2.24, 2.45) is 23.2 Å². The summed E-state index contributed by atoms with van der Waals surface area (Å²) < 4.78 is 24.7. The fourth-order valence-corrected chi connectivity index (χ4v) is 6.55. The van der Waals surface area contributed by atoms with E-state index in [2.05, 4.69) is 15.2 Å². The van der Waals surface area contributed by atoms with Gasteiger partial charge in [-0.15, -0.1) is 4.83 Å². The molecule has 4 fully saturated rings. The minimum atomic E-state index is -3.93. The van der Waals surface area contributed by atoms with E-state index in [1.165, 1.54) is 37.6 Å². The maximum absolute atomic E-state index is 12.8. The van der Waals surface area contributed by atoms with Crippen LogP contribution in [0, 0.1) is 23.2 Å². The molecule has 0 unspecified atom stereocenters. The maximum Gasteiger partial charge on any atom is 0.260 e. The third-order valence-electron chi connectivity index (χ3n) is 5.83. The Morgan fingerprint density at radius 1 is 1.17 bits per heavy atom. The molecule has 0 radical (unpaired) electrons. The molecule has 0 spiro atoms. The lowest BCUT2D eigenvalue weighted by Crippen LogP contribution is -2.56. The zero-order chi connectivity index (χ0) is 16.9. The van der Waals surface area contributed by atoms with E-state index < -0.39 is 15.4 Å². The van der Waals surface area contributed by atoms with Crippen LogP contribution in [0.3, 0.4) is 0 Å². The van der Waals surface area contributed by atoms with Gasteiger partial charge in [0.15, 0.2) is 0 Å². The van der Waals surface area contributed by atoms with E-state index in [4.69, 9.17) is 11.6 Å². The fourth-order valence-electron chi connectivity index (χ4n) is 5.26. The summed E-state index contributed by atoms with van der Waals surface area (Å²) in [5.74, 6) is 1.65. The molecular weight excluding hydrogens is 350 g/mol. The number of sulfonamides is 1. The van der Waals surface area contributed by atoms with E-state index in [0.29, 0.717) is 17.8 Å². The first-order valence-corrected chi connectivity index (χ1v) is 10.2. The smallest absolute Gasteiger partial charge is 0.260 e. The Morgan fingerprint density at radius 2 is 1.75 bits per heavy atom. The van der Waals surface area contributed by atoms with Crippen LogP contribution in [0.2, 0.25) is 5.15 Å². The zero-order valence-corrected chi connectivity index (χ0v) is 14.7. The molecule has 8 heteroatoms. The van der Waals surface area contributed by atoms with Gasteiger partial charge in [-0.05, 0) is 68.4 Å². The van der Waals surface area contributed by atoms with Crippen molar-refractivity contribution < 1.29 is 13.2 Å². The third-order valence-corrected chi connectivity index (χ3v) is 7.53. The van der Waals surface area contributed by atoms with Gasteiger partial charge in [0.05, 0.1) is 5.41 Å². The number of carbonyl (C=O) groups is 1. The lowest BCUT2D eigenvalue weighted by Gasteiger charge is -2.55. The highest BCUT2D eigenvalue weighted by Crippen LogP contribution is 2.60. The van der Waals surface area contributed by atoms with Gasteiger partial charge in [-0.2, -0.15) is 0 Å². The molecule has 2 N–H and O–H groups in total. The van der Waals surface area contributed by atoms with Gasteiger partial charge in [-0.25, -0.2) is 13.4 Å². The fraction of sp³-hybridized carbons (Fsp3) is 0.625. The molecule has 4 saturated carbocycles. The zero-order valence-electron chi connectivity index (χ0n) is 13.2. The third kappa shape index (κ3) is 2.72. The van der Waals surface area contributed by atoms with Gasteiger partial charge in [0.25, 0.3) is 10.0 Å². The van der Waals surface area contributed by atoms with Gasteiger partial charge >= 0.3 is 0 Å². The minimum absolute atomic E-state index is 0.117. The molecule has 4 bridgehead atoms. The van der Waals surface area contributed by atoms with E-state index >= 15 is 0 Å². The molecule has 1 aromatic rings. The molecule has 4 aliphatic carbocycles. The van der Waals surface area contributed by atoms with Crippen molar-refractivity contribution in [2.45, 2.75) is 43.4 Å². The molecule has 5 rings (SSSR count). The van der Waals surface area contributed by atoms with Crippen LogP contribution in [-0.2, 0) is 14.8 Å². The monoisotopic (exact) mass is 369 g/mol. The van der Waals surface area contributed by atoms with Crippen LogP contribution in [0.4, 0.5) is 0 Å². The number of hydrogen-bond acceptors (Lipinski definition) is 4. The second-order valence-corrected chi connectivity index (χ2v) is 9.56. The summed E-state index contributed by atoms with van der Waals surface area (Å²) in [6, 6.07) is 2.84. The van der Waals surface area contributed by atoms with Crippen molar-refractivity contribution in [1.29, 1.82) is 0 Å². The number of nitrogens with zero attached hydrogens (tertiary/aromatic N) is 1. The highest BCUT2D eigenvalue weighted by molar-refractivity contribution is 7.89. The molecule has 0 aliphatic heterocycles. The predicted octanol–water partition coefficient (Wildman–Crippen LogP) is 2.26. The van der Waals surface area contributed by atoms with Crippen LogP contribution in [0.25, 0.3) is 0 Å². The Morgan fingerprint density at radius 3 is 2.29 bits per heavy atom. The summed E-state index contributed by atoms with van der Waals surface area (Å²) in [4.78, 5) is 18.6. The number of aromatic nitrogens is 1. The molecule has 1 heterocycles. The second kappa shape index (κ2) is 5.68. The highest BCUT2D eigenvalue weighted by Gasteiger charge is 2.54. The molecule has 24 heavy (non-hydrogen) atoms. The van der Waals surface area contributed by atoms with E-state index in [-0.39, 0.29) is 16.0 Å². The number of pyridine rings is 1. The number of halogens is 1. The SMILES string of the molecule is O=C(NNS(=O)(=O)c1cccnc1Cl)C12CC3CC(CC(C3)C1)C2. The van der Waals surface area contributed by atoms with Crippen molar-refractivity contribution in [3.8, 4) is 0 Å². The van der Waals surface area contributed by atoms with Crippen molar-refractivity contribution in [3.05, 3.63) is 23.5 Å². The quantitative estimate of drug-likeness (QED) is 0.629. The molecule has 130 valence electrons. The summed E-state index contributed by atoms with van der Waals surface area (Å²) in [6.45, 7) is 0. The molecule has 0 saturated heterocycles. The molecule has 1 amide bonds. The average molecular weight is 370 g/mol. The van der Waals surface area contributed by atoms with Crippen molar-refractivity contribution in [2.75, 3.05) is 0 Å². The largest absolute Gasteiger partial charge is 0.277 e. The van der Waals surface area contributed by atoms with Crippen molar-refractivity contribution in [3.63, 3.8) is 0 Å². The average Bonchev–Trinajstić information content (AvgIpc) is 2.51. The van der Waals surface area contributed by atoms with Crippen molar-refractivity contribution in [1.82, 2.24) is 15.2 Å². The first-order valence-electron chi connectivity index (χ1n) is 8.31. The summed E-state index contributed by atoms with van der Waals surface area (Å²) in [5, 5.41) is -0.117. The first-order chi connectivity index (χ1) is 11.4. The number of carbonyl (C=O) groups excluding carboxylic acids is 1. The van der Waals surface area contributed by atoms with Crippen LogP contribution in [0.1, 0.15) is 38.5 Å². The Kier molecular flexibility index (Phi) is 3.85. The minimum Gasteiger partial charge on any atom is -0.277 e. The lowest BCUT2D eigenvalue weighted by atomic mass is 9.49. The van der Waals surface area contributed by atoms with Gasteiger partial charge < -0.3 is 0 Å². The number of rotatable bonds is 4. The number of nitrogens with one attached hydrogen (secondary N) is 2. The van der Waals surface area contributed by atoms with E-state index in [9.17, 15) is 13.2 Å². The van der Waals surface area contributed by atoms with E-state index in [0.717, 1.165) is 19.3 Å². The molecule has 0 aromatic carbocycles. The summed E-state index contributed by atoms with van der Waals surface area (Å²) in [5.41, 5.74) is 2.04. The second-order valence-electron chi connectivity index (χ2n) is 7.55. The Labute approximate surface area is 146 Å². The molecule has 6 nitrogen and oxygen atoms in total. The first kappa shape index (κ1) is 16.3. The predicted molar refractivity (Wildman–Crippen MR) is 88.3 cm³/mol. The van der Waals surface area contributed by atoms with Gasteiger partial charge in [-0.3, -0.25) is 10.2 Å². The van der Waals surface area contributed by atoms with Crippen LogP contribution in [-0.4, -0.2) is 19.3 Å². The standard InChI is InChI=1S/C16H20ClN3O3S/c17-14-13(2-1-3-18-14)24(22,23)20-19-15(21)16-7-10-4-11(8-16)6-12(5-10)9-16/h1-3,10-12,20H,4-9H2,(H,19,21). The maximum atomic E-state index is 12.8. The lowest BCUT2D eigenvalue weighted by molar-refractivity contribution is -0.146. The Bertz CT molecular complexity index is 745. The van der Waals surface area contributed by atoms with Gasteiger partial charge in [0.2, 0.25) is 5.91 Å². The number of hydrogen-bond donors (Lipinski definition) is 2. The number of amides is 1. The summed E-state index contributed by atoms with van der Waals surface area (Å²) in [7, 11) is -3.93. The Balaban J connectivity index is 1.48. The van der Waals surface area contributed by atoms with Gasteiger partial charge in [0, 0.05) is 6.20 Å². The van der Waals surface area contributed by atoms with Crippen molar-refractivity contribution >= 4 is 27.5 Å². The topological polar surface area (TPSA) is 88.2 Å². The molecule has 1 aromatic heterocycles. The van der Waals surface area contributed by atoms with Crippen LogP contribution >= 0.6 is 11.6 Å². The van der Waals surface area contributed by atoms with Crippen LogP contribution < -0.4 is 10.3 Å². The van der Waals surface area contributed by atoms with E-state index in [1.54, 1.807) is 0 Å². The molecular formula is C16H20ClN3O3S. The summed E-state index contributed by atoms with van der Waals surface area (Å²) in [6.07, 6.45) is 7.71. The Hall–Kier alpha value is -1.18. The van der Waals surface area contributed by atoms with Crippen LogP contribution in [0.15, 0.2) is 23.2 Å². The van der Waals surface area contributed by atoms with Crippen LogP contribution in [0.5, 0.6) is 0 Å². The summed E-state index contributed by atoms with van der Waals surface area (Å²) >= 11 is 5.84. The van der Waals surface area contributed by atoms with Gasteiger partial charge in [-0.1, -0.05) is 11.6 Å². The normalized spacial score (nSPS) is 34.3. The van der Waals surface area contributed by atoms with E-state index in [1.807, 2.05) is 0 Å². The van der Waals surface area contributed by atoms with Gasteiger partial charge in [0.1, 0.15) is 10.0 Å². The molecule has 4 aliphatic rings. The molecule has 0 atom stereocenters.